The number of hydrogen-bond donors (Lipinski definition) is 0. The first-order chi connectivity index (χ1) is 6.52. The summed E-state index contributed by atoms with van der Waals surface area (Å²) < 4.78 is 26.1. The van der Waals surface area contributed by atoms with Crippen LogP contribution in [0.4, 0.5) is 8.78 Å². The Morgan fingerprint density at radius 1 is 1.00 bits per heavy atom. The van der Waals surface area contributed by atoms with E-state index in [1.807, 2.05) is 27.7 Å². The monoisotopic (exact) mass is 200 g/mol. The van der Waals surface area contributed by atoms with Gasteiger partial charge in [0.1, 0.15) is 11.6 Å². The summed E-state index contributed by atoms with van der Waals surface area (Å²) in [6, 6.07) is 2.51. The largest absolute Gasteiger partial charge is 0.207 e. The molecule has 0 spiro atoms. The van der Waals surface area contributed by atoms with Gasteiger partial charge in [0.25, 0.3) is 0 Å². The van der Waals surface area contributed by atoms with Crippen molar-refractivity contribution in [2.45, 2.75) is 40.5 Å². The van der Waals surface area contributed by atoms with E-state index in [4.69, 9.17) is 0 Å². The van der Waals surface area contributed by atoms with Crippen molar-refractivity contribution in [3.63, 3.8) is 0 Å². The van der Waals surface area contributed by atoms with E-state index in [0.29, 0.717) is 11.1 Å². The molecule has 0 saturated heterocycles. The van der Waals surface area contributed by atoms with Crippen molar-refractivity contribution in [2.24, 2.45) is 0 Å². The number of benzene rings is 1. The standard InChI is InChI=1S/C10H12F2.C2H6/c1-6(2)8-5-9(11)7(3)4-10(8)12;1-2/h4-6H,1-3H3;1-2H3. The Bertz CT molecular complexity index is 291. The Morgan fingerprint density at radius 3 is 1.93 bits per heavy atom. The van der Waals surface area contributed by atoms with Gasteiger partial charge in [0.15, 0.2) is 0 Å². The molecule has 1 aromatic rings. The van der Waals surface area contributed by atoms with E-state index >= 15 is 0 Å². The fourth-order valence-corrected chi connectivity index (χ4v) is 1.10. The van der Waals surface area contributed by atoms with Gasteiger partial charge >= 0.3 is 0 Å². The summed E-state index contributed by atoms with van der Waals surface area (Å²) in [5.74, 6) is -0.621. The highest BCUT2D eigenvalue weighted by Crippen LogP contribution is 2.21. The lowest BCUT2D eigenvalue weighted by atomic mass is 10.0. The Labute approximate surface area is 85.0 Å². The van der Waals surface area contributed by atoms with Crippen LogP contribution in [-0.2, 0) is 0 Å². The van der Waals surface area contributed by atoms with Gasteiger partial charge in [-0.25, -0.2) is 8.78 Å². The van der Waals surface area contributed by atoms with Crippen LogP contribution in [0.15, 0.2) is 12.1 Å². The molecule has 0 heterocycles. The van der Waals surface area contributed by atoms with E-state index in [2.05, 4.69) is 0 Å². The third-order valence-corrected chi connectivity index (χ3v) is 1.90. The quantitative estimate of drug-likeness (QED) is 0.629. The lowest BCUT2D eigenvalue weighted by Gasteiger charge is -2.07. The van der Waals surface area contributed by atoms with Crippen LogP contribution in [0, 0.1) is 18.6 Å². The lowest BCUT2D eigenvalue weighted by molar-refractivity contribution is 0.569. The normalized spacial score (nSPS) is 9.71. The summed E-state index contributed by atoms with van der Waals surface area (Å²) in [6.45, 7) is 9.24. The highest BCUT2D eigenvalue weighted by Gasteiger charge is 2.09. The summed E-state index contributed by atoms with van der Waals surface area (Å²) in [4.78, 5) is 0. The van der Waals surface area contributed by atoms with Gasteiger partial charge in [-0.2, -0.15) is 0 Å². The summed E-state index contributed by atoms with van der Waals surface area (Å²) in [5, 5.41) is 0. The van der Waals surface area contributed by atoms with Gasteiger partial charge in [0.2, 0.25) is 0 Å². The third-order valence-electron chi connectivity index (χ3n) is 1.90. The molecule has 0 amide bonds. The molecule has 0 atom stereocenters. The van der Waals surface area contributed by atoms with Crippen molar-refractivity contribution in [3.8, 4) is 0 Å². The lowest BCUT2D eigenvalue weighted by Crippen LogP contribution is -1.96. The maximum absolute atomic E-state index is 13.1. The van der Waals surface area contributed by atoms with E-state index in [-0.39, 0.29) is 17.6 Å². The van der Waals surface area contributed by atoms with Crippen LogP contribution >= 0.6 is 0 Å². The van der Waals surface area contributed by atoms with Crippen LogP contribution in [0.1, 0.15) is 44.7 Å². The SMILES string of the molecule is CC.Cc1cc(F)c(C(C)C)cc1F. The Hall–Kier alpha value is -0.920. The number of rotatable bonds is 1. The highest BCUT2D eigenvalue weighted by molar-refractivity contribution is 5.27. The van der Waals surface area contributed by atoms with Gasteiger partial charge in [0, 0.05) is 0 Å². The summed E-state index contributed by atoms with van der Waals surface area (Å²) in [5.41, 5.74) is 0.801. The molecule has 1 aromatic carbocycles. The molecule has 80 valence electrons. The van der Waals surface area contributed by atoms with Crippen molar-refractivity contribution < 1.29 is 8.78 Å². The molecule has 0 fully saturated rings. The van der Waals surface area contributed by atoms with Crippen molar-refractivity contribution in [3.05, 3.63) is 34.9 Å². The predicted octanol–water partition coefficient (Wildman–Crippen LogP) is 4.42. The molecular formula is C12H18F2. The Kier molecular flexibility index (Phi) is 5.36. The Morgan fingerprint density at radius 2 is 1.50 bits per heavy atom. The molecular weight excluding hydrogens is 182 g/mol. The first kappa shape index (κ1) is 13.1. The summed E-state index contributed by atoms with van der Waals surface area (Å²) >= 11 is 0. The highest BCUT2D eigenvalue weighted by atomic mass is 19.1. The first-order valence-corrected chi connectivity index (χ1v) is 4.98. The molecule has 0 radical (unpaired) electrons. The van der Waals surface area contributed by atoms with Gasteiger partial charge in [-0.15, -0.1) is 0 Å². The van der Waals surface area contributed by atoms with E-state index in [1.165, 1.54) is 12.1 Å². The fraction of sp³-hybridized carbons (Fsp3) is 0.500. The minimum absolute atomic E-state index is 0.0279. The average molecular weight is 200 g/mol. The zero-order chi connectivity index (χ0) is 11.3. The maximum atomic E-state index is 13.1. The maximum Gasteiger partial charge on any atom is 0.127 e. The van der Waals surface area contributed by atoms with Crippen LogP contribution < -0.4 is 0 Å². The predicted molar refractivity (Wildman–Crippen MR) is 56.5 cm³/mol. The summed E-state index contributed by atoms with van der Waals surface area (Å²) in [7, 11) is 0. The van der Waals surface area contributed by atoms with Gasteiger partial charge in [0.05, 0.1) is 0 Å². The minimum Gasteiger partial charge on any atom is -0.207 e. The molecule has 0 aromatic heterocycles. The smallest absolute Gasteiger partial charge is 0.127 e. The van der Waals surface area contributed by atoms with Crippen molar-refractivity contribution >= 4 is 0 Å². The van der Waals surface area contributed by atoms with Crippen LogP contribution in [-0.4, -0.2) is 0 Å². The third kappa shape index (κ3) is 3.09. The molecule has 0 aliphatic heterocycles. The summed E-state index contributed by atoms with van der Waals surface area (Å²) in [6.07, 6.45) is 0. The van der Waals surface area contributed by atoms with E-state index < -0.39 is 0 Å². The van der Waals surface area contributed by atoms with Crippen LogP contribution in [0.5, 0.6) is 0 Å². The van der Waals surface area contributed by atoms with Gasteiger partial charge in [-0.3, -0.25) is 0 Å². The molecule has 2 heteroatoms. The van der Waals surface area contributed by atoms with Gasteiger partial charge in [-0.1, -0.05) is 27.7 Å². The molecule has 0 aliphatic carbocycles. The first-order valence-electron chi connectivity index (χ1n) is 4.98. The molecule has 0 unspecified atom stereocenters. The second kappa shape index (κ2) is 5.74. The molecule has 1 rings (SSSR count). The van der Waals surface area contributed by atoms with E-state index in [9.17, 15) is 8.78 Å². The van der Waals surface area contributed by atoms with Crippen LogP contribution in [0.2, 0.25) is 0 Å². The number of halogens is 2. The van der Waals surface area contributed by atoms with E-state index in [0.717, 1.165) is 0 Å². The number of aryl methyl sites for hydroxylation is 1. The van der Waals surface area contributed by atoms with Crippen molar-refractivity contribution in [1.29, 1.82) is 0 Å². The average Bonchev–Trinajstić information content (AvgIpc) is 2.14. The van der Waals surface area contributed by atoms with Crippen LogP contribution in [0.25, 0.3) is 0 Å². The van der Waals surface area contributed by atoms with Gasteiger partial charge in [-0.05, 0) is 36.1 Å². The molecule has 14 heavy (non-hydrogen) atoms. The zero-order valence-corrected chi connectivity index (χ0v) is 9.49. The van der Waals surface area contributed by atoms with E-state index in [1.54, 1.807) is 6.92 Å². The van der Waals surface area contributed by atoms with Crippen molar-refractivity contribution in [1.82, 2.24) is 0 Å². The molecule has 0 saturated carbocycles. The topological polar surface area (TPSA) is 0 Å². The molecule has 0 N–H and O–H groups in total. The zero-order valence-electron chi connectivity index (χ0n) is 9.49. The van der Waals surface area contributed by atoms with Crippen molar-refractivity contribution in [2.75, 3.05) is 0 Å². The Balaban J connectivity index is 0.000000791. The molecule has 0 aliphatic rings. The minimum atomic E-state index is -0.333. The second-order valence-electron chi connectivity index (χ2n) is 3.28. The molecule has 0 nitrogen and oxygen atoms in total. The van der Waals surface area contributed by atoms with Crippen LogP contribution in [0.3, 0.4) is 0 Å². The second-order valence-corrected chi connectivity index (χ2v) is 3.28. The molecule has 0 bridgehead atoms. The fourth-order valence-electron chi connectivity index (χ4n) is 1.10. The number of hydrogen-bond acceptors (Lipinski definition) is 0. The van der Waals surface area contributed by atoms with Gasteiger partial charge < -0.3 is 0 Å².